The Hall–Kier alpha value is -1.06. The third-order valence-corrected chi connectivity index (χ3v) is 2.46. The maximum absolute atomic E-state index is 11.4. The van der Waals surface area contributed by atoms with Crippen LogP contribution in [0, 0.1) is 0 Å². The third-order valence-electron chi connectivity index (χ3n) is 1.54. The van der Waals surface area contributed by atoms with Gasteiger partial charge in [0.25, 0.3) is 0 Å². The summed E-state index contributed by atoms with van der Waals surface area (Å²) in [7, 11) is 0.490. The Labute approximate surface area is 99.3 Å². The zero-order valence-electron chi connectivity index (χ0n) is 7.85. The molecule has 0 spiro atoms. The molecule has 0 aliphatic rings. The van der Waals surface area contributed by atoms with E-state index in [0.717, 1.165) is 4.57 Å². The Morgan fingerprint density at radius 1 is 1.56 bits per heavy atom. The van der Waals surface area contributed by atoms with Crippen LogP contribution in [0.15, 0.2) is 4.79 Å². The van der Waals surface area contributed by atoms with Gasteiger partial charge in [0.05, 0.1) is 0 Å². The molecule has 0 saturated heterocycles. The van der Waals surface area contributed by atoms with Gasteiger partial charge in [-0.15, -0.1) is 9.78 Å². The molecular formula is C5H6Cl2N4O4S. The summed E-state index contributed by atoms with van der Waals surface area (Å²) in [6.45, 7) is 1.80. The molecule has 1 aromatic rings. The minimum absolute atomic E-state index is 0.193. The summed E-state index contributed by atoms with van der Waals surface area (Å²) < 4.78 is 23.7. The van der Waals surface area contributed by atoms with Crippen molar-refractivity contribution in [1.82, 2.24) is 19.1 Å². The number of carbonyl (C=O) groups excluding carboxylic acids is 1. The molecule has 0 radical (unpaired) electrons. The van der Waals surface area contributed by atoms with Crippen LogP contribution in [0.5, 0.6) is 0 Å². The van der Waals surface area contributed by atoms with Crippen LogP contribution < -0.4 is 10.4 Å². The highest BCUT2D eigenvalue weighted by molar-refractivity contribution is 8.12. The van der Waals surface area contributed by atoms with Crippen molar-refractivity contribution < 1.29 is 13.2 Å². The van der Waals surface area contributed by atoms with Gasteiger partial charge in [0.1, 0.15) is 0 Å². The van der Waals surface area contributed by atoms with Crippen LogP contribution in [0.3, 0.4) is 0 Å². The smallest absolute Gasteiger partial charge is 0.266 e. The van der Waals surface area contributed by atoms with Crippen molar-refractivity contribution in [3.8, 4) is 0 Å². The normalized spacial score (nSPS) is 11.4. The molecule has 0 unspecified atom stereocenters. The molecule has 0 aromatic carbocycles. The molecule has 8 nitrogen and oxygen atoms in total. The standard InChI is InChI=1S/C5H6Cl2N4O4S/c1-2-10-3(6)8-11(5(10)13)4(12)9-16(7,14)15/h2H2,1H3,(H,9,12). The van der Waals surface area contributed by atoms with Gasteiger partial charge in [-0.25, -0.2) is 14.3 Å². The third kappa shape index (κ3) is 2.74. The number of carbonyl (C=O) groups is 1. The molecule has 90 valence electrons. The van der Waals surface area contributed by atoms with E-state index in [2.05, 4.69) is 5.10 Å². The van der Waals surface area contributed by atoms with E-state index >= 15 is 0 Å². The van der Waals surface area contributed by atoms with Crippen LogP contribution in [0.25, 0.3) is 0 Å². The van der Waals surface area contributed by atoms with E-state index in [1.807, 2.05) is 0 Å². The molecule has 1 N–H and O–H groups in total. The highest BCUT2D eigenvalue weighted by atomic mass is 35.7. The lowest BCUT2D eigenvalue weighted by molar-refractivity contribution is 0.243. The average molecular weight is 289 g/mol. The minimum Gasteiger partial charge on any atom is -0.266 e. The van der Waals surface area contributed by atoms with Gasteiger partial charge in [0, 0.05) is 17.2 Å². The van der Waals surface area contributed by atoms with Crippen LogP contribution in [-0.4, -0.2) is 28.8 Å². The van der Waals surface area contributed by atoms with Gasteiger partial charge in [-0.2, -0.15) is 8.42 Å². The highest BCUT2D eigenvalue weighted by Crippen LogP contribution is 2.00. The second-order valence-corrected chi connectivity index (χ2v) is 5.19. The van der Waals surface area contributed by atoms with Gasteiger partial charge in [-0.1, -0.05) is 0 Å². The first kappa shape index (κ1) is 13.0. The predicted molar refractivity (Wildman–Crippen MR) is 55.9 cm³/mol. The summed E-state index contributed by atoms with van der Waals surface area (Å²) in [6.07, 6.45) is 0. The molecule has 0 saturated carbocycles. The van der Waals surface area contributed by atoms with Crippen molar-refractivity contribution >= 4 is 37.6 Å². The molecule has 1 rings (SSSR count). The summed E-state index contributed by atoms with van der Waals surface area (Å²) in [5.41, 5.74) is -0.856. The van der Waals surface area contributed by atoms with Crippen molar-refractivity contribution in [2.24, 2.45) is 0 Å². The van der Waals surface area contributed by atoms with E-state index in [-0.39, 0.29) is 16.5 Å². The molecule has 1 amide bonds. The molecule has 1 heterocycles. The highest BCUT2D eigenvalue weighted by Gasteiger charge is 2.19. The molecule has 0 bridgehead atoms. The molecule has 16 heavy (non-hydrogen) atoms. The Bertz CT molecular complexity index is 574. The summed E-state index contributed by atoms with van der Waals surface area (Å²) in [5.74, 6) is 0. The molecule has 0 aliphatic heterocycles. The lowest BCUT2D eigenvalue weighted by Gasteiger charge is -1.97. The van der Waals surface area contributed by atoms with E-state index in [0.29, 0.717) is 0 Å². The number of nitrogens with one attached hydrogen (secondary N) is 1. The van der Waals surface area contributed by atoms with Crippen LogP contribution >= 0.6 is 22.3 Å². The number of halogens is 2. The number of rotatable bonds is 2. The van der Waals surface area contributed by atoms with E-state index in [1.165, 1.54) is 4.72 Å². The first-order chi connectivity index (χ1) is 7.26. The number of hydrogen-bond donors (Lipinski definition) is 1. The minimum atomic E-state index is -4.28. The Kier molecular flexibility index (Phi) is 3.61. The molecule has 11 heteroatoms. The molecule has 0 atom stereocenters. The molecule has 1 aromatic heterocycles. The van der Waals surface area contributed by atoms with Gasteiger partial charge >= 0.3 is 21.0 Å². The SMILES string of the molecule is CCn1c(Cl)nn(C(=O)NS(=O)(=O)Cl)c1=O. The van der Waals surface area contributed by atoms with Crippen molar-refractivity contribution in [3.63, 3.8) is 0 Å². The van der Waals surface area contributed by atoms with Crippen molar-refractivity contribution in [3.05, 3.63) is 15.8 Å². The summed E-state index contributed by atoms with van der Waals surface area (Å²) >= 11 is 5.53. The zero-order valence-corrected chi connectivity index (χ0v) is 10.2. The zero-order chi connectivity index (χ0) is 12.5. The van der Waals surface area contributed by atoms with E-state index in [1.54, 1.807) is 6.92 Å². The van der Waals surface area contributed by atoms with E-state index in [9.17, 15) is 18.0 Å². The van der Waals surface area contributed by atoms with Crippen LogP contribution in [0.1, 0.15) is 6.92 Å². The van der Waals surface area contributed by atoms with Crippen molar-refractivity contribution in [2.45, 2.75) is 13.5 Å². The Balaban J connectivity index is 3.16. The van der Waals surface area contributed by atoms with E-state index < -0.39 is 21.0 Å². The van der Waals surface area contributed by atoms with Gasteiger partial charge in [-0.3, -0.25) is 4.57 Å². The van der Waals surface area contributed by atoms with Gasteiger partial charge in [0.15, 0.2) is 0 Å². The molecule has 0 fully saturated rings. The van der Waals surface area contributed by atoms with Gasteiger partial charge < -0.3 is 0 Å². The van der Waals surface area contributed by atoms with Gasteiger partial charge in [0.2, 0.25) is 5.28 Å². The first-order valence-electron chi connectivity index (χ1n) is 3.88. The fourth-order valence-electron chi connectivity index (χ4n) is 0.918. The topological polar surface area (TPSA) is 103 Å². The Morgan fingerprint density at radius 3 is 2.50 bits per heavy atom. The summed E-state index contributed by atoms with van der Waals surface area (Å²) in [5, 5.41) is 3.14. The van der Waals surface area contributed by atoms with Crippen LogP contribution in [0.4, 0.5) is 4.79 Å². The maximum atomic E-state index is 11.4. The molecule has 0 aliphatic carbocycles. The van der Waals surface area contributed by atoms with E-state index in [4.69, 9.17) is 22.3 Å². The van der Waals surface area contributed by atoms with Crippen LogP contribution in [-0.2, 0) is 15.8 Å². The first-order valence-corrected chi connectivity index (χ1v) is 6.57. The molecular weight excluding hydrogens is 283 g/mol. The maximum Gasteiger partial charge on any atom is 0.361 e. The summed E-state index contributed by atoms with van der Waals surface area (Å²) in [4.78, 5) is 22.6. The monoisotopic (exact) mass is 288 g/mol. The second-order valence-electron chi connectivity index (χ2n) is 2.55. The van der Waals surface area contributed by atoms with Crippen molar-refractivity contribution in [2.75, 3.05) is 0 Å². The fourth-order valence-corrected chi connectivity index (χ4v) is 1.68. The average Bonchev–Trinajstić information content (AvgIpc) is 2.38. The Morgan fingerprint density at radius 2 is 2.12 bits per heavy atom. The lowest BCUT2D eigenvalue weighted by Crippen LogP contribution is -2.38. The van der Waals surface area contributed by atoms with Gasteiger partial charge in [-0.05, 0) is 18.5 Å². The fraction of sp³-hybridized carbons (Fsp3) is 0.400. The largest absolute Gasteiger partial charge is 0.361 e. The summed E-state index contributed by atoms with van der Waals surface area (Å²) in [6, 6.07) is -1.30. The number of nitrogens with zero attached hydrogens (tertiary/aromatic N) is 3. The number of aromatic nitrogens is 3. The number of hydrogen-bond acceptors (Lipinski definition) is 5. The van der Waals surface area contributed by atoms with Crippen molar-refractivity contribution in [1.29, 1.82) is 0 Å². The lowest BCUT2D eigenvalue weighted by atomic mass is 10.7. The van der Waals surface area contributed by atoms with Crippen LogP contribution in [0.2, 0.25) is 5.28 Å². The predicted octanol–water partition coefficient (Wildman–Crippen LogP) is -0.241. The number of amides is 1. The second kappa shape index (κ2) is 4.44. The quantitative estimate of drug-likeness (QED) is 0.757.